The van der Waals surface area contributed by atoms with Crippen LogP contribution in [0.5, 0.6) is 0 Å². The topological polar surface area (TPSA) is 53.7 Å². The zero-order chi connectivity index (χ0) is 14.4. The molecule has 3 atom stereocenters. The number of pyridine rings is 1. The summed E-state index contributed by atoms with van der Waals surface area (Å²) < 4.78 is 2.04. The van der Waals surface area contributed by atoms with Gasteiger partial charge in [0.15, 0.2) is 5.65 Å². The molecular weight excluding hydrogens is 264 g/mol. The quantitative estimate of drug-likeness (QED) is 0.918. The van der Waals surface area contributed by atoms with E-state index in [1.165, 1.54) is 6.42 Å². The van der Waals surface area contributed by atoms with E-state index in [4.69, 9.17) is 0 Å². The lowest BCUT2D eigenvalue weighted by Crippen LogP contribution is -2.44. The molecule has 1 saturated heterocycles. The van der Waals surface area contributed by atoms with Gasteiger partial charge in [0.1, 0.15) is 0 Å². The van der Waals surface area contributed by atoms with E-state index in [9.17, 15) is 5.11 Å². The van der Waals surface area contributed by atoms with Crippen molar-refractivity contribution in [2.24, 2.45) is 11.8 Å². The Hall–Kier alpha value is -1.62. The molecule has 2 aliphatic rings. The number of hydrogen-bond donors (Lipinski definition) is 1. The third-order valence-electron chi connectivity index (χ3n) is 5.51. The second-order valence-electron chi connectivity index (χ2n) is 6.55. The van der Waals surface area contributed by atoms with E-state index in [0.717, 1.165) is 43.9 Å². The van der Waals surface area contributed by atoms with Crippen LogP contribution in [0.15, 0.2) is 24.4 Å². The van der Waals surface area contributed by atoms with E-state index < -0.39 is 5.60 Å². The lowest BCUT2D eigenvalue weighted by molar-refractivity contribution is -0.0597. The van der Waals surface area contributed by atoms with Crippen LogP contribution in [0, 0.1) is 11.8 Å². The highest BCUT2D eigenvalue weighted by Crippen LogP contribution is 2.45. The molecule has 21 heavy (non-hydrogen) atoms. The molecule has 0 radical (unpaired) electrons. The van der Waals surface area contributed by atoms with E-state index >= 15 is 0 Å². The van der Waals surface area contributed by atoms with Crippen LogP contribution in [0.1, 0.15) is 32.6 Å². The summed E-state index contributed by atoms with van der Waals surface area (Å²) in [7, 11) is 0. The summed E-state index contributed by atoms with van der Waals surface area (Å²) in [6.07, 6.45) is 6.17. The number of aromatic nitrogens is 3. The second kappa shape index (κ2) is 4.70. The number of nitrogens with zero attached hydrogens (tertiary/aromatic N) is 4. The third-order valence-corrected chi connectivity index (χ3v) is 5.51. The molecule has 2 aromatic rings. The Balaban J connectivity index is 1.66. The molecule has 2 fully saturated rings. The molecule has 5 heteroatoms. The van der Waals surface area contributed by atoms with Gasteiger partial charge in [-0.2, -0.15) is 0 Å². The van der Waals surface area contributed by atoms with Gasteiger partial charge in [0.2, 0.25) is 5.95 Å². The fourth-order valence-corrected chi connectivity index (χ4v) is 4.27. The van der Waals surface area contributed by atoms with Crippen molar-refractivity contribution >= 4 is 11.6 Å². The Morgan fingerprint density at radius 1 is 1.33 bits per heavy atom. The minimum atomic E-state index is -0.488. The third kappa shape index (κ3) is 1.94. The van der Waals surface area contributed by atoms with Crippen molar-refractivity contribution in [1.82, 2.24) is 14.6 Å². The van der Waals surface area contributed by atoms with Crippen molar-refractivity contribution in [3.05, 3.63) is 24.4 Å². The molecule has 2 aromatic heterocycles. The largest absolute Gasteiger partial charge is 0.390 e. The van der Waals surface area contributed by atoms with Crippen LogP contribution in [0.25, 0.3) is 5.65 Å². The highest BCUT2D eigenvalue weighted by atomic mass is 16.3. The summed E-state index contributed by atoms with van der Waals surface area (Å²) >= 11 is 0. The molecule has 0 spiro atoms. The first kappa shape index (κ1) is 13.1. The van der Waals surface area contributed by atoms with Crippen LogP contribution < -0.4 is 4.90 Å². The van der Waals surface area contributed by atoms with Crippen molar-refractivity contribution in [2.45, 2.75) is 38.2 Å². The van der Waals surface area contributed by atoms with Crippen LogP contribution in [0.2, 0.25) is 0 Å². The molecular formula is C16H22N4O. The van der Waals surface area contributed by atoms with Crippen LogP contribution in [-0.2, 0) is 0 Å². The highest BCUT2D eigenvalue weighted by Gasteiger charge is 2.48. The molecule has 4 rings (SSSR count). The van der Waals surface area contributed by atoms with Crippen LogP contribution in [0.4, 0.5) is 5.95 Å². The summed E-state index contributed by atoms with van der Waals surface area (Å²) in [6, 6.07) is 5.96. The lowest BCUT2D eigenvalue weighted by atomic mass is 9.69. The molecule has 112 valence electrons. The Bertz CT molecular complexity index is 655. The monoisotopic (exact) mass is 286 g/mol. The van der Waals surface area contributed by atoms with Gasteiger partial charge in [-0.15, -0.1) is 10.2 Å². The predicted octanol–water partition coefficient (Wildman–Crippen LogP) is 2.11. The summed E-state index contributed by atoms with van der Waals surface area (Å²) in [5.74, 6) is 1.87. The van der Waals surface area contributed by atoms with Crippen molar-refractivity contribution in [3.63, 3.8) is 0 Å². The Morgan fingerprint density at radius 2 is 2.24 bits per heavy atom. The number of fused-ring (bicyclic) bond motifs is 2. The standard InChI is InChI=1S/C16H22N4O/c1-2-16(21)8-5-6-12-10-19(11-13(12)16)15-18-17-14-7-3-4-9-20(14)15/h3-4,7,9,12-13,21H,2,5-6,8,10-11H2,1H3/t12-,13+,16-/m0/s1. The molecule has 5 nitrogen and oxygen atoms in total. The molecule has 0 amide bonds. The van der Waals surface area contributed by atoms with Gasteiger partial charge in [0.25, 0.3) is 0 Å². The Labute approximate surface area is 124 Å². The Kier molecular flexibility index (Phi) is 2.92. The van der Waals surface area contributed by atoms with Gasteiger partial charge in [-0.05, 0) is 37.3 Å². The first-order chi connectivity index (χ1) is 10.2. The second-order valence-corrected chi connectivity index (χ2v) is 6.55. The first-order valence-corrected chi connectivity index (χ1v) is 7.98. The van der Waals surface area contributed by atoms with E-state index in [1.807, 2.05) is 28.8 Å². The SMILES string of the molecule is CC[C@]1(O)CCC[C@H]2CN(c3nnc4ccccn34)C[C@H]21. The zero-order valence-corrected chi connectivity index (χ0v) is 12.4. The molecule has 1 aliphatic carbocycles. The molecule has 1 N–H and O–H groups in total. The maximum absolute atomic E-state index is 10.9. The van der Waals surface area contributed by atoms with Crippen molar-refractivity contribution < 1.29 is 5.11 Å². The van der Waals surface area contributed by atoms with Crippen molar-refractivity contribution in [2.75, 3.05) is 18.0 Å². The molecule has 0 bridgehead atoms. The molecule has 0 unspecified atom stereocenters. The normalized spacial score (nSPS) is 32.6. The van der Waals surface area contributed by atoms with Crippen molar-refractivity contribution in [1.29, 1.82) is 0 Å². The maximum Gasteiger partial charge on any atom is 0.231 e. The van der Waals surface area contributed by atoms with E-state index in [1.54, 1.807) is 0 Å². The number of hydrogen-bond acceptors (Lipinski definition) is 4. The van der Waals surface area contributed by atoms with Gasteiger partial charge >= 0.3 is 0 Å². The molecule has 0 aromatic carbocycles. The maximum atomic E-state index is 10.9. The number of aliphatic hydroxyl groups is 1. The minimum absolute atomic E-state index is 0.368. The average Bonchev–Trinajstić information content (AvgIpc) is 3.11. The van der Waals surface area contributed by atoms with Crippen molar-refractivity contribution in [3.8, 4) is 0 Å². The van der Waals surface area contributed by atoms with Gasteiger partial charge in [0.05, 0.1) is 5.60 Å². The minimum Gasteiger partial charge on any atom is -0.390 e. The predicted molar refractivity (Wildman–Crippen MR) is 81.3 cm³/mol. The van der Waals surface area contributed by atoms with Gasteiger partial charge in [-0.25, -0.2) is 0 Å². The summed E-state index contributed by atoms with van der Waals surface area (Å²) in [5.41, 5.74) is 0.395. The summed E-state index contributed by atoms with van der Waals surface area (Å²) in [6.45, 7) is 3.99. The van der Waals surface area contributed by atoms with E-state index in [-0.39, 0.29) is 0 Å². The van der Waals surface area contributed by atoms with Gasteiger partial charge in [0, 0.05) is 25.2 Å². The average molecular weight is 286 g/mol. The Morgan fingerprint density at radius 3 is 3.10 bits per heavy atom. The smallest absolute Gasteiger partial charge is 0.231 e. The summed E-state index contributed by atoms with van der Waals surface area (Å²) in [5, 5.41) is 19.5. The fraction of sp³-hybridized carbons (Fsp3) is 0.625. The fourth-order valence-electron chi connectivity index (χ4n) is 4.27. The van der Waals surface area contributed by atoms with Gasteiger partial charge < -0.3 is 10.0 Å². The summed E-state index contributed by atoms with van der Waals surface area (Å²) in [4.78, 5) is 2.31. The first-order valence-electron chi connectivity index (χ1n) is 7.98. The van der Waals surface area contributed by atoms with Gasteiger partial charge in [-0.3, -0.25) is 4.40 Å². The highest BCUT2D eigenvalue weighted by molar-refractivity contribution is 5.47. The van der Waals surface area contributed by atoms with E-state index in [2.05, 4.69) is 22.0 Å². The van der Waals surface area contributed by atoms with Crippen LogP contribution >= 0.6 is 0 Å². The van der Waals surface area contributed by atoms with Crippen LogP contribution in [0.3, 0.4) is 0 Å². The zero-order valence-electron chi connectivity index (χ0n) is 12.4. The van der Waals surface area contributed by atoms with Crippen LogP contribution in [-0.4, -0.2) is 38.4 Å². The number of rotatable bonds is 2. The van der Waals surface area contributed by atoms with E-state index in [0.29, 0.717) is 11.8 Å². The number of anilines is 1. The molecule has 1 saturated carbocycles. The lowest BCUT2D eigenvalue weighted by Gasteiger charge is -2.40. The molecule has 1 aliphatic heterocycles. The van der Waals surface area contributed by atoms with Gasteiger partial charge in [-0.1, -0.05) is 19.4 Å². The molecule has 3 heterocycles.